The first-order valence-electron chi connectivity index (χ1n) is 17.8. The molecule has 4 aromatic heterocycles. The monoisotopic (exact) mass is 724 g/mol. The molecule has 0 aromatic carbocycles. The molecule has 0 saturated heterocycles. The molecular formula is C40H48N6O7. The Morgan fingerprint density at radius 1 is 0.830 bits per heavy atom. The van der Waals surface area contributed by atoms with Gasteiger partial charge in [-0.05, 0) is 118 Å². The zero-order valence-electron chi connectivity index (χ0n) is 30.8. The number of nitrogens with two attached hydrogens (primary N) is 1. The molecule has 1 aliphatic heterocycles. The third kappa shape index (κ3) is 7.70. The molecule has 4 aromatic rings. The Labute approximate surface area is 306 Å². The molecule has 13 heteroatoms. The largest absolute Gasteiger partial charge is 0.481 e. The van der Waals surface area contributed by atoms with Gasteiger partial charge in [-0.25, -0.2) is 9.59 Å². The normalized spacial score (nSPS) is 12.8. The zero-order valence-corrected chi connectivity index (χ0v) is 30.8. The number of aromatic nitrogens is 4. The fraction of sp³-hybridized carbons (Fsp3) is 0.350. The van der Waals surface area contributed by atoms with Gasteiger partial charge < -0.3 is 46.3 Å². The number of H-pyrrole nitrogens is 4. The summed E-state index contributed by atoms with van der Waals surface area (Å²) < 4.78 is 0. The minimum absolute atomic E-state index is 0.0590. The molecule has 1 aliphatic rings. The third-order valence-electron chi connectivity index (χ3n) is 10.3. The molecule has 280 valence electrons. The Hall–Kier alpha value is -5.82. The predicted molar refractivity (Wildman–Crippen MR) is 203 cm³/mol. The number of aliphatic carboxylic acids is 2. The number of amides is 1. The lowest BCUT2D eigenvalue weighted by molar-refractivity contribution is -0.142. The van der Waals surface area contributed by atoms with E-state index in [2.05, 4.69) is 31.8 Å². The van der Waals surface area contributed by atoms with E-state index < -0.39 is 36.3 Å². The van der Waals surface area contributed by atoms with E-state index in [-0.39, 0.29) is 35.7 Å². The lowest BCUT2D eigenvalue weighted by atomic mass is 9.96. The molecule has 0 aliphatic carbocycles. The number of carbonyl (C=O) groups excluding carboxylic acids is 1. The topological polar surface area (TPSA) is 230 Å². The van der Waals surface area contributed by atoms with Crippen molar-refractivity contribution in [3.05, 3.63) is 95.3 Å². The van der Waals surface area contributed by atoms with Gasteiger partial charge in [0.05, 0.1) is 17.3 Å². The van der Waals surface area contributed by atoms with Gasteiger partial charge in [-0.2, -0.15) is 0 Å². The van der Waals surface area contributed by atoms with Crippen molar-refractivity contribution in [1.29, 1.82) is 0 Å². The summed E-state index contributed by atoms with van der Waals surface area (Å²) in [7, 11) is 0. The molecule has 1 atom stereocenters. The van der Waals surface area contributed by atoms with Crippen molar-refractivity contribution in [1.82, 2.24) is 25.3 Å². The molecule has 10 N–H and O–H groups in total. The first-order valence-corrected chi connectivity index (χ1v) is 17.8. The summed E-state index contributed by atoms with van der Waals surface area (Å²) in [6.45, 7) is 14.0. The number of carboxylic acids is 3. The van der Waals surface area contributed by atoms with Gasteiger partial charge in [0.25, 0.3) is 0 Å². The summed E-state index contributed by atoms with van der Waals surface area (Å²) in [5.41, 5.74) is 14.1. The van der Waals surface area contributed by atoms with Crippen LogP contribution < -0.4 is 32.4 Å². The highest BCUT2D eigenvalue weighted by atomic mass is 16.4. The number of rotatable bonds is 14. The van der Waals surface area contributed by atoms with Crippen molar-refractivity contribution in [3.8, 4) is 0 Å². The van der Waals surface area contributed by atoms with Crippen LogP contribution in [0.3, 0.4) is 0 Å². The number of hydrogen-bond donors (Lipinski definition) is 9. The van der Waals surface area contributed by atoms with Gasteiger partial charge >= 0.3 is 17.9 Å². The SMILES string of the molecule is C=Cc1c(C)c2[nH]c1=Cc1[nH]c(c(CC)c1C)C=c1[nH]c(c(C(=O)O)c1C)=C(CC(=O)N[C@@H](CCCCN)C(=O)O)c1[nH]c(c(C)c1CCC(=O)O)C=2. The number of unbranched alkanes of at least 4 members (excludes halogenated alkanes) is 1. The van der Waals surface area contributed by atoms with E-state index in [1.54, 1.807) is 13.0 Å². The first kappa shape index (κ1) is 38.4. The average molecular weight is 725 g/mol. The summed E-state index contributed by atoms with van der Waals surface area (Å²) in [5, 5.41) is 35.2. The summed E-state index contributed by atoms with van der Waals surface area (Å²) in [6.07, 6.45) is 8.98. The Morgan fingerprint density at radius 2 is 1.47 bits per heavy atom. The first-order chi connectivity index (χ1) is 25.2. The molecule has 0 fully saturated rings. The predicted octanol–water partition coefficient (Wildman–Crippen LogP) is 2.24. The van der Waals surface area contributed by atoms with E-state index in [0.29, 0.717) is 53.7 Å². The van der Waals surface area contributed by atoms with Gasteiger partial charge in [0.2, 0.25) is 5.91 Å². The van der Waals surface area contributed by atoms with Crippen LogP contribution in [0.1, 0.15) is 111 Å². The number of carbonyl (C=O) groups is 4. The van der Waals surface area contributed by atoms with E-state index in [9.17, 15) is 34.5 Å². The molecule has 1 amide bonds. The summed E-state index contributed by atoms with van der Waals surface area (Å²) in [6, 6.07) is -1.19. The van der Waals surface area contributed by atoms with Crippen LogP contribution in [0.4, 0.5) is 0 Å². The lowest BCUT2D eigenvalue weighted by Gasteiger charge is -2.16. The quantitative estimate of drug-likeness (QED) is 0.0874. The molecular weight excluding hydrogens is 676 g/mol. The highest BCUT2D eigenvalue weighted by Gasteiger charge is 2.27. The van der Waals surface area contributed by atoms with Gasteiger partial charge in [-0.15, -0.1) is 0 Å². The minimum atomic E-state index is -1.23. The standard InChI is InChI=1S/C40H48N6O7/c1-7-23-19(3)28-16-30-21(5)25(12-13-35(48)49)37(45-30)26(15-34(47)44-27(39(50)51)11-9-10-14-41)38-36(40(52)53)22(6)31(46-38)18-33-24(8-2)20(4)29(43-33)17-32(23)42-28/h7,16-18,27,42-43,45-46H,1,8-15,41H2,2-6H3,(H,44,47)(H,48,49)(H,50,51)(H,52,53)/t27-/m0/s1. The van der Waals surface area contributed by atoms with E-state index in [4.69, 9.17) is 5.73 Å². The minimum Gasteiger partial charge on any atom is -0.481 e. The molecule has 5 heterocycles. The van der Waals surface area contributed by atoms with E-state index in [0.717, 1.165) is 49.9 Å². The maximum atomic E-state index is 13.9. The second kappa shape index (κ2) is 15.8. The Bertz CT molecular complexity index is 2380. The second-order valence-corrected chi connectivity index (χ2v) is 13.6. The number of fused-ring (bicyclic) bond motifs is 8. The van der Waals surface area contributed by atoms with Crippen LogP contribution >= 0.6 is 0 Å². The van der Waals surface area contributed by atoms with Crippen molar-refractivity contribution >= 4 is 53.7 Å². The summed E-state index contributed by atoms with van der Waals surface area (Å²) in [5.74, 6) is -4.09. The average Bonchev–Trinajstić information content (AvgIpc) is 3.78. The fourth-order valence-electron chi connectivity index (χ4n) is 7.32. The van der Waals surface area contributed by atoms with Crippen molar-refractivity contribution < 1.29 is 34.5 Å². The number of aromatic carboxylic acids is 1. The second-order valence-electron chi connectivity index (χ2n) is 13.6. The molecule has 53 heavy (non-hydrogen) atoms. The number of hydrogen-bond acceptors (Lipinski definition) is 5. The number of nitrogens with one attached hydrogen (secondary N) is 5. The van der Waals surface area contributed by atoms with Crippen LogP contribution in [0.5, 0.6) is 0 Å². The van der Waals surface area contributed by atoms with Gasteiger partial charge in [0.15, 0.2) is 0 Å². The zero-order chi connectivity index (χ0) is 38.7. The fourth-order valence-corrected chi connectivity index (χ4v) is 7.32. The van der Waals surface area contributed by atoms with Crippen molar-refractivity contribution in [2.75, 3.05) is 6.54 Å². The molecule has 13 nitrogen and oxygen atoms in total. The molecule has 0 radical (unpaired) electrons. The lowest BCUT2D eigenvalue weighted by Crippen LogP contribution is -2.41. The van der Waals surface area contributed by atoms with Gasteiger partial charge in [0, 0.05) is 56.4 Å². The number of aromatic amines is 4. The van der Waals surface area contributed by atoms with E-state index >= 15 is 0 Å². The molecule has 5 rings (SSSR count). The molecule has 0 spiro atoms. The van der Waals surface area contributed by atoms with Crippen molar-refractivity contribution in [2.45, 2.75) is 85.6 Å². The smallest absolute Gasteiger partial charge is 0.338 e. The van der Waals surface area contributed by atoms with Crippen LogP contribution in [0.25, 0.3) is 29.9 Å². The summed E-state index contributed by atoms with van der Waals surface area (Å²) in [4.78, 5) is 64.8. The Kier molecular flexibility index (Phi) is 11.5. The Morgan fingerprint density at radius 3 is 2.09 bits per heavy atom. The van der Waals surface area contributed by atoms with Gasteiger partial charge in [0.1, 0.15) is 6.04 Å². The van der Waals surface area contributed by atoms with Crippen LogP contribution in [0, 0.1) is 27.7 Å². The van der Waals surface area contributed by atoms with Crippen LogP contribution in [-0.2, 0) is 27.2 Å². The van der Waals surface area contributed by atoms with Gasteiger partial charge in [-0.3, -0.25) is 9.59 Å². The van der Waals surface area contributed by atoms with Crippen LogP contribution in [0.2, 0.25) is 0 Å². The van der Waals surface area contributed by atoms with E-state index in [1.165, 1.54) is 0 Å². The highest BCUT2D eigenvalue weighted by Crippen LogP contribution is 2.28. The molecule has 0 unspecified atom stereocenters. The van der Waals surface area contributed by atoms with Crippen molar-refractivity contribution in [3.63, 3.8) is 0 Å². The van der Waals surface area contributed by atoms with Crippen LogP contribution in [0.15, 0.2) is 6.58 Å². The van der Waals surface area contributed by atoms with Crippen molar-refractivity contribution in [2.24, 2.45) is 5.73 Å². The van der Waals surface area contributed by atoms with Crippen LogP contribution in [-0.4, -0.2) is 71.7 Å². The summed E-state index contributed by atoms with van der Waals surface area (Å²) >= 11 is 0. The number of carboxylic acid groups (broad SMARTS) is 3. The molecule has 8 bridgehead atoms. The van der Waals surface area contributed by atoms with E-state index in [1.807, 2.05) is 45.9 Å². The maximum absolute atomic E-state index is 13.9. The highest BCUT2D eigenvalue weighted by molar-refractivity contribution is 5.95. The Balaban J connectivity index is 1.92. The third-order valence-corrected chi connectivity index (χ3v) is 10.3. The maximum Gasteiger partial charge on any atom is 0.338 e. The van der Waals surface area contributed by atoms with Gasteiger partial charge in [-0.1, -0.05) is 19.6 Å². The molecule has 0 saturated carbocycles.